The molecule has 2 aromatic carbocycles. The molecule has 3 rings (SSSR count). The number of hydrogen-bond acceptors (Lipinski definition) is 8. The summed E-state index contributed by atoms with van der Waals surface area (Å²) in [4.78, 5) is 70.8. The van der Waals surface area contributed by atoms with Gasteiger partial charge in [-0.3, -0.25) is 44.5 Å². The Balaban J connectivity index is 1.52. The third-order valence-corrected chi connectivity index (χ3v) is 4.94. The summed E-state index contributed by atoms with van der Waals surface area (Å²) in [6, 6.07) is 11.5. The van der Waals surface area contributed by atoms with Gasteiger partial charge in [-0.05, 0) is 25.1 Å². The maximum atomic E-state index is 12.4. The van der Waals surface area contributed by atoms with Crippen LogP contribution in [0.15, 0.2) is 48.5 Å². The maximum absolute atomic E-state index is 12.4. The number of nitro groups is 1. The van der Waals surface area contributed by atoms with E-state index in [1.165, 1.54) is 31.2 Å². The Bertz CT molecular complexity index is 1180. The van der Waals surface area contributed by atoms with E-state index in [0.29, 0.717) is 11.3 Å². The van der Waals surface area contributed by atoms with Crippen LogP contribution in [0.2, 0.25) is 0 Å². The number of anilines is 1. The number of hydrazine groups is 1. The zero-order chi connectivity index (χ0) is 24.8. The number of ketones is 1. The van der Waals surface area contributed by atoms with Crippen molar-refractivity contribution in [2.24, 2.45) is 5.92 Å². The molecule has 0 aliphatic carbocycles. The number of ether oxygens (including phenoxy) is 1. The van der Waals surface area contributed by atoms with Crippen LogP contribution in [0.25, 0.3) is 0 Å². The molecule has 2 aromatic rings. The summed E-state index contributed by atoms with van der Waals surface area (Å²) < 4.78 is 4.98. The quantitative estimate of drug-likeness (QED) is 0.254. The standard InChI is InChI=1S/C22H20N4O8/c1-13(27)14-5-4-6-16(9-14)23-19(28)12-34-22(31)15-10-20(29)25(11-15)24-21(30)17-7-2-3-8-18(17)26(32)33/h2-9,15H,10-12H2,1H3,(H,23,28)(H,24,30)/t15-/m1/s1. The summed E-state index contributed by atoms with van der Waals surface area (Å²) in [6.07, 6.45) is -0.266. The van der Waals surface area contributed by atoms with Crippen LogP contribution in [-0.4, -0.2) is 52.6 Å². The molecule has 1 fully saturated rings. The molecule has 1 aliphatic heterocycles. The van der Waals surface area contributed by atoms with E-state index in [2.05, 4.69) is 10.7 Å². The minimum atomic E-state index is -0.938. The van der Waals surface area contributed by atoms with E-state index in [1.807, 2.05) is 0 Å². The normalized spacial score (nSPS) is 14.9. The molecule has 0 radical (unpaired) electrons. The van der Waals surface area contributed by atoms with Crippen LogP contribution < -0.4 is 10.7 Å². The second kappa shape index (κ2) is 10.3. The first-order valence-corrected chi connectivity index (χ1v) is 10.1. The number of carbonyl (C=O) groups is 5. The van der Waals surface area contributed by atoms with Gasteiger partial charge in [-0.15, -0.1) is 0 Å². The van der Waals surface area contributed by atoms with Crippen LogP contribution in [-0.2, 0) is 19.1 Å². The number of benzene rings is 2. The van der Waals surface area contributed by atoms with Gasteiger partial charge >= 0.3 is 5.97 Å². The number of hydrogen-bond donors (Lipinski definition) is 2. The van der Waals surface area contributed by atoms with Gasteiger partial charge in [-0.2, -0.15) is 0 Å². The van der Waals surface area contributed by atoms with Crippen LogP contribution in [0.4, 0.5) is 11.4 Å². The van der Waals surface area contributed by atoms with Crippen LogP contribution in [0.3, 0.4) is 0 Å². The van der Waals surface area contributed by atoms with Gasteiger partial charge in [-0.1, -0.05) is 24.3 Å². The Hall–Kier alpha value is -4.61. The molecule has 0 aromatic heterocycles. The van der Waals surface area contributed by atoms with Gasteiger partial charge in [0.25, 0.3) is 17.5 Å². The Morgan fingerprint density at radius 1 is 1.15 bits per heavy atom. The highest BCUT2D eigenvalue weighted by atomic mass is 16.6. The summed E-state index contributed by atoms with van der Waals surface area (Å²) in [5.74, 6) is -4.02. The molecule has 3 amide bonds. The Kier molecular flexibility index (Phi) is 7.31. The van der Waals surface area contributed by atoms with Crippen LogP contribution in [0, 0.1) is 16.0 Å². The van der Waals surface area contributed by atoms with E-state index < -0.39 is 46.8 Å². The smallest absolute Gasteiger partial charge is 0.311 e. The number of para-hydroxylation sites is 1. The van der Waals surface area contributed by atoms with Gasteiger partial charge in [0.2, 0.25) is 5.91 Å². The topological polar surface area (TPSA) is 165 Å². The maximum Gasteiger partial charge on any atom is 0.311 e. The number of amides is 3. The van der Waals surface area contributed by atoms with E-state index in [1.54, 1.807) is 18.2 Å². The second-order valence-electron chi connectivity index (χ2n) is 7.41. The summed E-state index contributed by atoms with van der Waals surface area (Å²) in [6.45, 7) is 0.557. The van der Waals surface area contributed by atoms with E-state index in [4.69, 9.17) is 4.74 Å². The molecule has 176 valence electrons. The molecule has 0 saturated carbocycles. The van der Waals surface area contributed by atoms with E-state index in [9.17, 15) is 34.1 Å². The number of esters is 1. The molecular formula is C22H20N4O8. The lowest BCUT2D eigenvalue weighted by molar-refractivity contribution is -0.385. The average molecular weight is 468 g/mol. The second-order valence-corrected chi connectivity index (χ2v) is 7.41. The largest absolute Gasteiger partial charge is 0.455 e. The summed E-state index contributed by atoms with van der Waals surface area (Å²) in [5, 5.41) is 14.5. The van der Waals surface area contributed by atoms with Crippen molar-refractivity contribution in [1.29, 1.82) is 0 Å². The summed E-state index contributed by atoms with van der Waals surface area (Å²) in [7, 11) is 0. The Labute approximate surface area is 193 Å². The number of rotatable bonds is 8. The molecule has 1 aliphatic rings. The van der Waals surface area contributed by atoms with Crippen molar-refractivity contribution in [2.45, 2.75) is 13.3 Å². The van der Waals surface area contributed by atoms with E-state index in [-0.39, 0.29) is 24.3 Å². The van der Waals surface area contributed by atoms with Crippen molar-refractivity contribution >= 4 is 40.8 Å². The number of nitrogens with one attached hydrogen (secondary N) is 2. The molecule has 1 saturated heterocycles. The number of nitro benzene ring substituents is 1. The highest BCUT2D eigenvalue weighted by Gasteiger charge is 2.37. The summed E-state index contributed by atoms with van der Waals surface area (Å²) >= 11 is 0. The monoisotopic (exact) mass is 468 g/mol. The Morgan fingerprint density at radius 3 is 2.59 bits per heavy atom. The van der Waals surface area contributed by atoms with Crippen molar-refractivity contribution in [3.63, 3.8) is 0 Å². The molecule has 1 atom stereocenters. The number of Topliss-reactive ketones (excluding diaryl/α,β-unsaturated/α-hetero) is 1. The predicted molar refractivity (Wildman–Crippen MR) is 116 cm³/mol. The van der Waals surface area contributed by atoms with Crippen LogP contribution in [0.1, 0.15) is 34.1 Å². The molecule has 34 heavy (non-hydrogen) atoms. The van der Waals surface area contributed by atoms with Gasteiger partial charge in [0, 0.05) is 23.7 Å². The molecule has 12 heteroatoms. The SMILES string of the molecule is CC(=O)c1cccc(NC(=O)COC(=O)[C@@H]2CC(=O)N(NC(=O)c3ccccc3[N+](=O)[O-])C2)c1. The molecule has 0 unspecified atom stereocenters. The molecule has 0 bridgehead atoms. The van der Waals surface area contributed by atoms with Crippen molar-refractivity contribution in [3.05, 3.63) is 69.8 Å². The van der Waals surface area contributed by atoms with E-state index in [0.717, 1.165) is 11.1 Å². The third kappa shape index (κ3) is 5.79. The zero-order valence-electron chi connectivity index (χ0n) is 18.0. The van der Waals surface area contributed by atoms with Crippen molar-refractivity contribution < 1.29 is 33.6 Å². The van der Waals surface area contributed by atoms with Gasteiger partial charge in [0.1, 0.15) is 5.56 Å². The minimum Gasteiger partial charge on any atom is -0.455 e. The van der Waals surface area contributed by atoms with Crippen LogP contribution in [0.5, 0.6) is 0 Å². The lowest BCUT2D eigenvalue weighted by atomic mass is 10.1. The first-order chi connectivity index (χ1) is 16.2. The summed E-state index contributed by atoms with van der Waals surface area (Å²) in [5.41, 5.74) is 2.36. The average Bonchev–Trinajstić information content (AvgIpc) is 3.17. The molecule has 12 nitrogen and oxygen atoms in total. The fourth-order valence-corrected chi connectivity index (χ4v) is 3.25. The molecule has 1 heterocycles. The minimum absolute atomic E-state index is 0.174. The van der Waals surface area contributed by atoms with Gasteiger partial charge in [-0.25, -0.2) is 0 Å². The first kappa shape index (κ1) is 24.0. The number of carbonyl (C=O) groups excluding carboxylic acids is 5. The van der Waals surface area contributed by atoms with Crippen molar-refractivity contribution in [2.75, 3.05) is 18.5 Å². The molecule has 2 N–H and O–H groups in total. The van der Waals surface area contributed by atoms with Crippen LogP contribution >= 0.6 is 0 Å². The fourth-order valence-electron chi connectivity index (χ4n) is 3.25. The highest BCUT2D eigenvalue weighted by molar-refractivity contribution is 6.00. The third-order valence-electron chi connectivity index (χ3n) is 4.94. The van der Waals surface area contributed by atoms with Gasteiger partial charge in [0.15, 0.2) is 12.4 Å². The predicted octanol–water partition coefficient (Wildman–Crippen LogP) is 1.47. The van der Waals surface area contributed by atoms with Crippen molar-refractivity contribution in [1.82, 2.24) is 10.4 Å². The lowest BCUT2D eigenvalue weighted by Crippen LogP contribution is -2.43. The lowest BCUT2D eigenvalue weighted by Gasteiger charge is -2.17. The van der Waals surface area contributed by atoms with E-state index >= 15 is 0 Å². The van der Waals surface area contributed by atoms with Gasteiger partial charge in [0.05, 0.1) is 17.4 Å². The number of nitrogens with zero attached hydrogens (tertiary/aromatic N) is 2. The first-order valence-electron chi connectivity index (χ1n) is 10.1. The van der Waals surface area contributed by atoms with Gasteiger partial charge < -0.3 is 10.1 Å². The van der Waals surface area contributed by atoms with Crippen molar-refractivity contribution in [3.8, 4) is 0 Å². The zero-order valence-corrected chi connectivity index (χ0v) is 18.0. The highest BCUT2D eigenvalue weighted by Crippen LogP contribution is 2.21. The molecule has 0 spiro atoms. The molecular weight excluding hydrogens is 448 g/mol. The Morgan fingerprint density at radius 2 is 1.88 bits per heavy atom. The fraction of sp³-hybridized carbons (Fsp3) is 0.227.